The Morgan fingerprint density at radius 1 is 1.41 bits per heavy atom. The van der Waals surface area contributed by atoms with Gasteiger partial charge in [0.15, 0.2) is 0 Å². The molecule has 0 aromatic heterocycles. The normalized spacial score (nSPS) is 10.5. The predicted octanol–water partition coefficient (Wildman–Crippen LogP) is 4.57. The summed E-state index contributed by atoms with van der Waals surface area (Å²) in [4.78, 5) is 23.1. The number of benzene rings is 2. The van der Waals surface area contributed by atoms with Crippen molar-refractivity contribution >= 4 is 67.3 Å². The van der Waals surface area contributed by atoms with Crippen molar-refractivity contribution in [3.63, 3.8) is 0 Å². The monoisotopic (exact) mass is 498 g/mol. The van der Waals surface area contributed by atoms with Gasteiger partial charge in [0.25, 0.3) is 5.69 Å². The van der Waals surface area contributed by atoms with Gasteiger partial charge in [-0.2, -0.15) is 0 Å². The molecule has 0 saturated heterocycles. The molecular weight excluding hydrogens is 493 g/mol. The number of ketones is 1. The lowest BCUT2D eigenvalue weighted by Crippen LogP contribution is -2.10. The molecule has 0 aliphatic rings. The highest BCUT2D eigenvalue weighted by Crippen LogP contribution is 2.37. The van der Waals surface area contributed by atoms with E-state index in [1.807, 2.05) is 22.6 Å². The number of nitrogens with zero attached hydrogens (tertiary/aromatic N) is 1. The summed E-state index contributed by atoms with van der Waals surface area (Å²) < 4.78 is 13.8. The number of hydrogen-bond acceptors (Lipinski definition) is 4. The fourth-order valence-electron chi connectivity index (χ4n) is 1.79. The fourth-order valence-corrected chi connectivity index (χ4v) is 3.52. The highest BCUT2D eigenvalue weighted by atomic mass is 127. The van der Waals surface area contributed by atoms with Gasteiger partial charge in [-0.15, -0.1) is 0 Å². The minimum absolute atomic E-state index is 0.00952. The van der Waals surface area contributed by atoms with Crippen molar-refractivity contribution in [3.05, 3.63) is 64.4 Å². The molecule has 0 saturated carbocycles. The van der Waals surface area contributed by atoms with Gasteiger partial charge in [0, 0.05) is 15.2 Å². The number of anilines is 1. The Balaban J connectivity index is 2.76. The Morgan fingerprint density at radius 2 is 2.05 bits per heavy atom. The smallest absolute Gasteiger partial charge is 0.282 e. The second-order valence-electron chi connectivity index (χ2n) is 4.19. The summed E-state index contributed by atoms with van der Waals surface area (Å²) in [5, 5.41) is 11.2. The molecule has 0 unspecified atom stereocenters. The molecule has 0 bridgehead atoms. The summed E-state index contributed by atoms with van der Waals surface area (Å²) in [5.74, 6) is -1.46. The van der Waals surface area contributed by atoms with E-state index in [1.54, 1.807) is 0 Å². The molecule has 9 heteroatoms. The van der Waals surface area contributed by atoms with Crippen molar-refractivity contribution in [2.45, 2.75) is 0 Å². The second-order valence-corrected chi connectivity index (χ2v) is 6.55. The number of nitro benzene ring substituents is 1. The zero-order valence-corrected chi connectivity index (χ0v) is 15.1. The maximum Gasteiger partial charge on any atom is 0.282 e. The van der Waals surface area contributed by atoms with Crippen LogP contribution in [0, 0.1) is 19.5 Å². The van der Waals surface area contributed by atoms with E-state index < -0.39 is 22.2 Å². The Kier molecular flexibility index (Phi) is 5.03. The number of carbonyl (C=O) groups is 1. The summed E-state index contributed by atoms with van der Waals surface area (Å²) in [6.45, 7) is 0. The van der Waals surface area contributed by atoms with E-state index >= 15 is 0 Å². The Bertz CT molecular complexity index is 816. The molecule has 0 radical (unpaired) electrons. The van der Waals surface area contributed by atoms with Gasteiger partial charge >= 0.3 is 0 Å². The second kappa shape index (κ2) is 6.47. The summed E-state index contributed by atoms with van der Waals surface area (Å²) >= 11 is 10.8. The van der Waals surface area contributed by atoms with Crippen LogP contribution in [0.5, 0.6) is 0 Å². The quantitative estimate of drug-likeness (QED) is 0.221. The van der Waals surface area contributed by atoms with E-state index in [0.29, 0.717) is 3.57 Å². The highest BCUT2D eigenvalue weighted by Gasteiger charge is 2.29. The highest BCUT2D eigenvalue weighted by molar-refractivity contribution is 14.1. The first-order valence-corrected chi connectivity index (χ1v) is 7.90. The molecule has 0 aliphatic heterocycles. The first kappa shape index (κ1) is 17.1. The Labute approximate surface area is 151 Å². The van der Waals surface area contributed by atoms with Crippen LogP contribution < -0.4 is 5.73 Å². The number of rotatable bonds is 3. The first-order chi connectivity index (χ1) is 10.2. The van der Waals surface area contributed by atoms with Crippen molar-refractivity contribution in [1.82, 2.24) is 0 Å². The van der Waals surface area contributed by atoms with Crippen LogP contribution >= 0.6 is 50.1 Å². The molecular formula is C13H6BrClFIN2O3. The number of nitrogen functional groups attached to an aromatic ring is 1. The van der Waals surface area contributed by atoms with Crippen molar-refractivity contribution < 1.29 is 14.1 Å². The number of nitro groups is 1. The summed E-state index contributed by atoms with van der Waals surface area (Å²) in [5.41, 5.74) is 5.10. The number of carbonyl (C=O) groups excluding carboxylic acids is 1. The molecule has 0 aliphatic carbocycles. The van der Waals surface area contributed by atoms with E-state index in [0.717, 1.165) is 12.1 Å². The molecule has 0 fully saturated rings. The fraction of sp³-hybridized carbons (Fsp3) is 0. The number of halogens is 4. The molecule has 0 heterocycles. The first-order valence-electron chi connectivity index (χ1n) is 5.65. The van der Waals surface area contributed by atoms with Crippen LogP contribution in [-0.2, 0) is 0 Å². The number of hydrogen-bond donors (Lipinski definition) is 1. The van der Waals surface area contributed by atoms with Gasteiger partial charge in [-0.05, 0) is 56.7 Å². The maximum absolute atomic E-state index is 13.3. The zero-order chi connectivity index (χ0) is 16.6. The third kappa shape index (κ3) is 3.08. The van der Waals surface area contributed by atoms with Gasteiger partial charge in [0.1, 0.15) is 11.4 Å². The van der Waals surface area contributed by atoms with Gasteiger partial charge in [0.2, 0.25) is 5.78 Å². The van der Waals surface area contributed by atoms with Crippen LogP contribution in [-0.4, -0.2) is 10.7 Å². The minimum Gasteiger partial charge on any atom is -0.397 e. The van der Waals surface area contributed by atoms with Crippen molar-refractivity contribution in [3.8, 4) is 0 Å². The van der Waals surface area contributed by atoms with E-state index in [1.165, 1.54) is 12.1 Å². The van der Waals surface area contributed by atoms with Gasteiger partial charge in [-0.25, -0.2) is 4.39 Å². The third-order valence-electron chi connectivity index (χ3n) is 2.83. The van der Waals surface area contributed by atoms with Crippen LogP contribution in [0.4, 0.5) is 15.8 Å². The van der Waals surface area contributed by atoms with Crippen molar-refractivity contribution in [2.75, 3.05) is 5.73 Å². The molecule has 114 valence electrons. The topological polar surface area (TPSA) is 86.2 Å². The zero-order valence-electron chi connectivity index (χ0n) is 10.6. The van der Waals surface area contributed by atoms with Crippen LogP contribution in [0.25, 0.3) is 0 Å². The Hall–Kier alpha value is -1.26. The summed E-state index contributed by atoms with van der Waals surface area (Å²) in [7, 11) is 0. The SMILES string of the molecule is Nc1c(I)cc([N+](=O)[O-])c(C(=O)c2cc(F)ccc2Cl)c1Br. The van der Waals surface area contributed by atoms with E-state index in [4.69, 9.17) is 17.3 Å². The molecule has 2 aromatic carbocycles. The van der Waals surface area contributed by atoms with Gasteiger partial charge in [0.05, 0.1) is 20.1 Å². The number of nitrogens with two attached hydrogens (primary N) is 1. The van der Waals surface area contributed by atoms with Gasteiger partial charge in [-0.1, -0.05) is 11.6 Å². The van der Waals surface area contributed by atoms with E-state index in [2.05, 4.69) is 15.9 Å². The van der Waals surface area contributed by atoms with Crippen molar-refractivity contribution in [2.24, 2.45) is 0 Å². The van der Waals surface area contributed by atoms with Crippen LogP contribution in [0.2, 0.25) is 5.02 Å². The molecule has 22 heavy (non-hydrogen) atoms. The average molecular weight is 499 g/mol. The molecule has 0 spiro atoms. The Morgan fingerprint density at radius 3 is 2.64 bits per heavy atom. The maximum atomic E-state index is 13.3. The standard InChI is InChI=1S/C13H6BrClFIN2O3/c14-11-10(9(19(21)22)4-8(17)12(11)18)13(20)6-3-5(16)1-2-7(6)15/h1-4H,18H2. The largest absolute Gasteiger partial charge is 0.397 e. The summed E-state index contributed by atoms with van der Waals surface area (Å²) in [6.07, 6.45) is 0. The van der Waals surface area contributed by atoms with E-state index in [9.17, 15) is 19.3 Å². The average Bonchev–Trinajstić information content (AvgIpc) is 2.46. The predicted molar refractivity (Wildman–Crippen MR) is 92.8 cm³/mol. The van der Waals surface area contributed by atoms with Crippen LogP contribution in [0.15, 0.2) is 28.7 Å². The molecule has 0 atom stereocenters. The molecule has 2 aromatic rings. The van der Waals surface area contributed by atoms with E-state index in [-0.39, 0.29) is 26.3 Å². The molecule has 2 rings (SSSR count). The molecule has 5 nitrogen and oxygen atoms in total. The lowest BCUT2D eigenvalue weighted by Gasteiger charge is -2.10. The molecule has 0 amide bonds. The minimum atomic E-state index is -0.786. The van der Waals surface area contributed by atoms with Gasteiger partial charge < -0.3 is 5.73 Å². The third-order valence-corrected chi connectivity index (χ3v) is 4.88. The van der Waals surface area contributed by atoms with Crippen molar-refractivity contribution in [1.29, 1.82) is 0 Å². The lowest BCUT2D eigenvalue weighted by atomic mass is 10.0. The van der Waals surface area contributed by atoms with Crippen LogP contribution in [0.3, 0.4) is 0 Å². The molecule has 2 N–H and O–H groups in total. The summed E-state index contributed by atoms with van der Waals surface area (Å²) in [6, 6.07) is 4.40. The van der Waals surface area contributed by atoms with Crippen LogP contribution in [0.1, 0.15) is 15.9 Å². The van der Waals surface area contributed by atoms with Gasteiger partial charge in [-0.3, -0.25) is 14.9 Å². The lowest BCUT2D eigenvalue weighted by molar-refractivity contribution is -0.385.